The Bertz CT molecular complexity index is 504. The molecule has 2 rings (SSSR count). The van der Waals surface area contributed by atoms with E-state index in [0.29, 0.717) is 6.61 Å². The van der Waals surface area contributed by atoms with Crippen LogP contribution in [-0.2, 0) is 11.2 Å². The number of rotatable bonds is 10. The van der Waals surface area contributed by atoms with Crippen molar-refractivity contribution >= 4 is 29.9 Å². The number of unbranched alkanes of at least 4 members (excludes halogenated alkanes) is 1. The Balaban J connectivity index is 0.00000364. The number of likely N-dealkylation sites (tertiary alicyclic amines) is 1. The quantitative estimate of drug-likeness (QED) is 0.230. The number of hydrogen-bond acceptors (Lipinski definition) is 3. The maximum Gasteiger partial charge on any atom is 0.191 e. The number of halogens is 1. The van der Waals surface area contributed by atoms with E-state index in [-0.39, 0.29) is 24.0 Å². The van der Waals surface area contributed by atoms with Gasteiger partial charge < -0.3 is 20.3 Å². The molecule has 1 aliphatic rings. The van der Waals surface area contributed by atoms with Crippen molar-refractivity contribution in [2.24, 2.45) is 10.9 Å². The molecule has 5 nitrogen and oxygen atoms in total. The Hall–Kier alpha value is -0.860. The van der Waals surface area contributed by atoms with Crippen LogP contribution in [0, 0.1) is 5.92 Å². The van der Waals surface area contributed by atoms with Gasteiger partial charge in [-0.3, -0.25) is 4.99 Å². The van der Waals surface area contributed by atoms with Crippen molar-refractivity contribution in [3.05, 3.63) is 35.9 Å². The number of methoxy groups -OCH3 is 1. The summed E-state index contributed by atoms with van der Waals surface area (Å²) in [7, 11) is 3.52. The number of benzene rings is 1. The average Bonchev–Trinajstić information content (AvgIpc) is 2.68. The molecule has 1 aromatic rings. The van der Waals surface area contributed by atoms with Crippen molar-refractivity contribution in [1.82, 2.24) is 15.5 Å². The summed E-state index contributed by atoms with van der Waals surface area (Å²) < 4.78 is 5.04. The van der Waals surface area contributed by atoms with Crippen molar-refractivity contribution in [3.8, 4) is 0 Å². The summed E-state index contributed by atoms with van der Waals surface area (Å²) in [6.07, 6.45) is 6.33. The van der Waals surface area contributed by atoms with Gasteiger partial charge in [0.25, 0.3) is 0 Å². The van der Waals surface area contributed by atoms with E-state index in [9.17, 15) is 0 Å². The average molecular weight is 488 g/mol. The number of guanidine groups is 1. The zero-order valence-electron chi connectivity index (χ0n) is 17.0. The molecule has 0 radical (unpaired) electrons. The largest absolute Gasteiger partial charge is 0.383 e. The first-order chi connectivity index (χ1) is 12.8. The fraction of sp³-hybridized carbons (Fsp3) is 0.667. The van der Waals surface area contributed by atoms with E-state index in [0.717, 1.165) is 25.0 Å². The van der Waals surface area contributed by atoms with Gasteiger partial charge in [0.15, 0.2) is 5.96 Å². The van der Waals surface area contributed by atoms with Gasteiger partial charge in [-0.05, 0) is 63.2 Å². The maximum absolute atomic E-state index is 5.04. The number of piperidine rings is 1. The fourth-order valence-corrected chi connectivity index (χ4v) is 3.52. The van der Waals surface area contributed by atoms with Crippen molar-refractivity contribution < 1.29 is 4.74 Å². The maximum atomic E-state index is 5.04. The second kappa shape index (κ2) is 15.1. The highest BCUT2D eigenvalue weighted by molar-refractivity contribution is 14.0. The molecule has 1 aliphatic heterocycles. The highest BCUT2D eigenvalue weighted by atomic mass is 127. The molecule has 1 aromatic carbocycles. The molecule has 2 N–H and O–H groups in total. The van der Waals surface area contributed by atoms with Gasteiger partial charge in [0.2, 0.25) is 0 Å². The summed E-state index contributed by atoms with van der Waals surface area (Å²) >= 11 is 0. The minimum Gasteiger partial charge on any atom is -0.383 e. The van der Waals surface area contributed by atoms with Crippen LogP contribution in [0.3, 0.4) is 0 Å². The van der Waals surface area contributed by atoms with Crippen molar-refractivity contribution in [2.45, 2.75) is 32.1 Å². The van der Waals surface area contributed by atoms with E-state index in [4.69, 9.17) is 4.74 Å². The molecule has 0 aliphatic carbocycles. The van der Waals surface area contributed by atoms with Crippen LogP contribution in [0.25, 0.3) is 0 Å². The molecule has 0 aromatic heterocycles. The number of ether oxygens (including phenoxy) is 1. The van der Waals surface area contributed by atoms with Crippen LogP contribution >= 0.6 is 24.0 Å². The Morgan fingerprint density at radius 3 is 2.48 bits per heavy atom. The highest BCUT2D eigenvalue weighted by Gasteiger charge is 2.18. The minimum atomic E-state index is 0. The first-order valence-corrected chi connectivity index (χ1v) is 10.0. The van der Waals surface area contributed by atoms with E-state index in [1.54, 1.807) is 7.11 Å². The lowest BCUT2D eigenvalue weighted by molar-refractivity contribution is 0.181. The van der Waals surface area contributed by atoms with Gasteiger partial charge in [0, 0.05) is 27.2 Å². The molecule has 27 heavy (non-hydrogen) atoms. The number of hydrogen-bond donors (Lipinski definition) is 2. The number of nitrogens with zero attached hydrogens (tertiary/aromatic N) is 2. The molecule has 1 fully saturated rings. The third-order valence-electron chi connectivity index (χ3n) is 5.09. The second-order valence-electron chi connectivity index (χ2n) is 7.10. The van der Waals surface area contributed by atoms with E-state index in [2.05, 4.69) is 50.9 Å². The number of nitrogens with one attached hydrogen (secondary N) is 2. The molecular weight excluding hydrogens is 451 g/mol. The predicted molar refractivity (Wildman–Crippen MR) is 125 cm³/mol. The standard InChI is InChI=1S/C21H36N4O.HI/c1-22-21(24-13-17-26-2)23-12-6-7-14-25-15-10-20(11-16-25)18-19-8-4-3-5-9-19;/h3-5,8-9,20H,6-7,10-18H2,1-2H3,(H2,22,23,24);1H. The molecule has 1 heterocycles. The van der Waals surface area contributed by atoms with Crippen LogP contribution in [0.2, 0.25) is 0 Å². The number of aliphatic imine (C=N–C) groups is 1. The topological polar surface area (TPSA) is 48.9 Å². The Morgan fingerprint density at radius 1 is 1.11 bits per heavy atom. The smallest absolute Gasteiger partial charge is 0.191 e. The van der Waals surface area contributed by atoms with Crippen LogP contribution in [0.5, 0.6) is 0 Å². The van der Waals surface area contributed by atoms with Gasteiger partial charge in [0.1, 0.15) is 0 Å². The summed E-state index contributed by atoms with van der Waals surface area (Å²) in [5.74, 6) is 1.72. The zero-order valence-corrected chi connectivity index (χ0v) is 19.3. The van der Waals surface area contributed by atoms with Crippen molar-refractivity contribution in [2.75, 3.05) is 53.5 Å². The fourth-order valence-electron chi connectivity index (χ4n) is 3.52. The van der Waals surface area contributed by atoms with Crippen molar-refractivity contribution in [3.63, 3.8) is 0 Å². The molecule has 0 amide bonds. The van der Waals surface area contributed by atoms with E-state index in [1.165, 1.54) is 57.3 Å². The lowest BCUT2D eigenvalue weighted by Crippen LogP contribution is -2.39. The first kappa shape index (κ1) is 24.2. The molecule has 0 bridgehead atoms. The highest BCUT2D eigenvalue weighted by Crippen LogP contribution is 2.21. The molecule has 154 valence electrons. The van der Waals surface area contributed by atoms with Gasteiger partial charge in [-0.25, -0.2) is 0 Å². The Morgan fingerprint density at radius 2 is 1.81 bits per heavy atom. The van der Waals surface area contributed by atoms with Gasteiger partial charge in [0.05, 0.1) is 6.61 Å². The van der Waals surface area contributed by atoms with Crippen LogP contribution in [0.1, 0.15) is 31.2 Å². The van der Waals surface area contributed by atoms with E-state index in [1.807, 2.05) is 7.05 Å². The lowest BCUT2D eigenvalue weighted by Gasteiger charge is -2.32. The monoisotopic (exact) mass is 488 g/mol. The summed E-state index contributed by atoms with van der Waals surface area (Å²) in [4.78, 5) is 6.85. The molecule has 6 heteroatoms. The third-order valence-corrected chi connectivity index (χ3v) is 5.09. The molecule has 0 saturated carbocycles. The molecule has 0 unspecified atom stereocenters. The molecule has 0 spiro atoms. The van der Waals surface area contributed by atoms with Crippen LogP contribution < -0.4 is 10.6 Å². The summed E-state index contributed by atoms with van der Waals surface area (Å²) in [6, 6.07) is 10.9. The van der Waals surface area contributed by atoms with Gasteiger partial charge >= 0.3 is 0 Å². The van der Waals surface area contributed by atoms with E-state index >= 15 is 0 Å². The SMILES string of the molecule is CN=C(NCCCCN1CCC(Cc2ccccc2)CC1)NCCOC.I. The normalized spacial score (nSPS) is 16.0. The van der Waals surface area contributed by atoms with E-state index < -0.39 is 0 Å². The van der Waals surface area contributed by atoms with Gasteiger partial charge in [-0.2, -0.15) is 0 Å². The zero-order chi connectivity index (χ0) is 18.5. The Kier molecular flexibility index (Phi) is 13.5. The van der Waals surface area contributed by atoms with Gasteiger partial charge in [-0.15, -0.1) is 24.0 Å². The first-order valence-electron chi connectivity index (χ1n) is 10.0. The van der Waals surface area contributed by atoms with Crippen molar-refractivity contribution in [1.29, 1.82) is 0 Å². The second-order valence-corrected chi connectivity index (χ2v) is 7.10. The predicted octanol–water partition coefficient (Wildman–Crippen LogP) is 3.15. The summed E-state index contributed by atoms with van der Waals surface area (Å²) in [5.41, 5.74) is 1.49. The van der Waals surface area contributed by atoms with Crippen LogP contribution in [0.4, 0.5) is 0 Å². The van der Waals surface area contributed by atoms with Crippen LogP contribution in [0.15, 0.2) is 35.3 Å². The van der Waals surface area contributed by atoms with Crippen LogP contribution in [-0.4, -0.2) is 64.3 Å². The minimum absolute atomic E-state index is 0. The summed E-state index contributed by atoms with van der Waals surface area (Å²) in [6.45, 7) is 6.18. The molecular formula is C21H37IN4O. The third kappa shape index (κ3) is 10.3. The lowest BCUT2D eigenvalue weighted by atomic mass is 9.90. The summed E-state index contributed by atoms with van der Waals surface area (Å²) in [5, 5.41) is 6.60. The Labute approximate surface area is 182 Å². The molecule has 0 atom stereocenters. The van der Waals surface area contributed by atoms with Gasteiger partial charge in [-0.1, -0.05) is 30.3 Å². The molecule has 1 saturated heterocycles.